The average molecular weight is 366 g/mol. The minimum Gasteiger partial charge on any atom is -0.480 e. The largest absolute Gasteiger partial charge is 0.480 e. The zero-order valence-electron chi connectivity index (χ0n) is 12.6. The SMILES string of the molecule is O=C(NC1(C(=O)O)CCSCC1)c1cnc(-c2ccccc2F)s1. The summed E-state index contributed by atoms with van der Waals surface area (Å²) in [6, 6.07) is 6.19. The highest BCUT2D eigenvalue weighted by molar-refractivity contribution is 7.99. The van der Waals surface area contributed by atoms with E-state index < -0.39 is 23.2 Å². The van der Waals surface area contributed by atoms with Crippen molar-refractivity contribution >= 4 is 35.0 Å². The van der Waals surface area contributed by atoms with E-state index in [0.29, 0.717) is 34.9 Å². The molecule has 0 aliphatic carbocycles. The Kier molecular flexibility index (Phi) is 4.86. The normalized spacial score (nSPS) is 16.5. The molecule has 1 amide bonds. The standard InChI is InChI=1S/C16H15FN2O3S2/c17-11-4-2-1-3-10(11)14-18-9-12(24-14)13(20)19-16(15(21)22)5-7-23-8-6-16/h1-4,9H,5-8H2,(H,19,20)(H,21,22). The molecule has 126 valence electrons. The van der Waals surface area contributed by atoms with Gasteiger partial charge in [0.05, 0.1) is 6.20 Å². The van der Waals surface area contributed by atoms with Crippen LogP contribution in [0.5, 0.6) is 0 Å². The van der Waals surface area contributed by atoms with Gasteiger partial charge in [0.1, 0.15) is 21.2 Å². The molecule has 2 N–H and O–H groups in total. The molecule has 1 aromatic heterocycles. The van der Waals surface area contributed by atoms with Crippen molar-refractivity contribution in [3.8, 4) is 10.6 Å². The number of carboxylic acids is 1. The molecule has 0 bridgehead atoms. The molecule has 0 atom stereocenters. The van der Waals surface area contributed by atoms with Crippen LogP contribution in [0.3, 0.4) is 0 Å². The second kappa shape index (κ2) is 6.90. The summed E-state index contributed by atoms with van der Waals surface area (Å²) in [4.78, 5) is 28.4. The number of aliphatic carboxylic acids is 1. The van der Waals surface area contributed by atoms with Crippen LogP contribution < -0.4 is 5.32 Å². The first-order valence-electron chi connectivity index (χ1n) is 7.36. The molecule has 1 aliphatic rings. The van der Waals surface area contributed by atoms with Gasteiger partial charge in [-0.3, -0.25) is 4.79 Å². The van der Waals surface area contributed by atoms with Crippen molar-refractivity contribution in [2.45, 2.75) is 18.4 Å². The van der Waals surface area contributed by atoms with Crippen molar-refractivity contribution < 1.29 is 19.1 Å². The summed E-state index contributed by atoms with van der Waals surface area (Å²) in [7, 11) is 0. The Morgan fingerprint density at radius 1 is 1.25 bits per heavy atom. The van der Waals surface area contributed by atoms with E-state index in [1.807, 2.05) is 0 Å². The Labute approximate surface area is 146 Å². The number of rotatable bonds is 4. The molecule has 1 aliphatic heterocycles. The number of carboxylic acid groups (broad SMARTS) is 1. The third kappa shape index (κ3) is 3.29. The highest BCUT2D eigenvalue weighted by Crippen LogP contribution is 2.30. The van der Waals surface area contributed by atoms with E-state index in [1.54, 1.807) is 30.0 Å². The number of benzene rings is 1. The van der Waals surface area contributed by atoms with E-state index in [-0.39, 0.29) is 4.88 Å². The van der Waals surface area contributed by atoms with Crippen molar-refractivity contribution in [2.24, 2.45) is 0 Å². The summed E-state index contributed by atoms with van der Waals surface area (Å²) in [5.74, 6) is -0.532. The lowest BCUT2D eigenvalue weighted by Gasteiger charge is -2.33. The molecule has 0 unspecified atom stereocenters. The highest BCUT2D eigenvalue weighted by atomic mass is 32.2. The van der Waals surface area contributed by atoms with Gasteiger partial charge in [0.2, 0.25) is 0 Å². The lowest BCUT2D eigenvalue weighted by molar-refractivity contribution is -0.144. The summed E-state index contributed by atoms with van der Waals surface area (Å²) in [6.45, 7) is 0. The minimum atomic E-state index is -1.23. The number of hydrogen-bond donors (Lipinski definition) is 2. The molecular weight excluding hydrogens is 351 g/mol. The summed E-state index contributed by atoms with van der Waals surface area (Å²) in [5.41, 5.74) is -0.909. The summed E-state index contributed by atoms with van der Waals surface area (Å²) < 4.78 is 13.8. The van der Waals surface area contributed by atoms with Gasteiger partial charge in [0.15, 0.2) is 0 Å². The van der Waals surface area contributed by atoms with Crippen LogP contribution in [0.25, 0.3) is 10.6 Å². The van der Waals surface area contributed by atoms with Gasteiger partial charge in [-0.15, -0.1) is 11.3 Å². The van der Waals surface area contributed by atoms with E-state index in [1.165, 1.54) is 12.3 Å². The van der Waals surface area contributed by atoms with Crippen molar-refractivity contribution in [3.05, 3.63) is 41.2 Å². The van der Waals surface area contributed by atoms with E-state index in [0.717, 1.165) is 11.3 Å². The number of nitrogens with zero attached hydrogens (tertiary/aromatic N) is 1. The quantitative estimate of drug-likeness (QED) is 0.869. The maximum absolute atomic E-state index is 13.8. The van der Waals surface area contributed by atoms with Crippen molar-refractivity contribution in [3.63, 3.8) is 0 Å². The second-order valence-corrected chi connectivity index (χ2v) is 7.72. The van der Waals surface area contributed by atoms with E-state index >= 15 is 0 Å². The molecule has 2 heterocycles. The van der Waals surface area contributed by atoms with E-state index in [4.69, 9.17) is 0 Å². The maximum Gasteiger partial charge on any atom is 0.329 e. The van der Waals surface area contributed by atoms with Gasteiger partial charge in [-0.1, -0.05) is 12.1 Å². The molecule has 1 fully saturated rings. The van der Waals surface area contributed by atoms with Crippen LogP contribution in [-0.2, 0) is 4.79 Å². The molecule has 24 heavy (non-hydrogen) atoms. The topological polar surface area (TPSA) is 79.3 Å². The van der Waals surface area contributed by atoms with Gasteiger partial charge < -0.3 is 10.4 Å². The molecular formula is C16H15FN2O3S2. The molecule has 0 spiro atoms. The minimum absolute atomic E-state index is 0.270. The fourth-order valence-corrected chi connectivity index (χ4v) is 4.56. The Balaban J connectivity index is 1.81. The first-order chi connectivity index (χ1) is 11.5. The van der Waals surface area contributed by atoms with Crippen molar-refractivity contribution in [1.82, 2.24) is 10.3 Å². The number of thioether (sulfide) groups is 1. The third-order valence-corrected chi connectivity index (χ3v) is 5.96. The maximum atomic E-state index is 13.8. The molecule has 1 saturated heterocycles. The van der Waals surface area contributed by atoms with Crippen LogP contribution in [0.15, 0.2) is 30.5 Å². The predicted octanol–water partition coefficient (Wildman–Crippen LogP) is 3.03. The Bertz CT molecular complexity index is 772. The smallest absolute Gasteiger partial charge is 0.329 e. The number of halogens is 1. The molecule has 3 rings (SSSR count). The first-order valence-corrected chi connectivity index (χ1v) is 9.33. The fraction of sp³-hybridized carbons (Fsp3) is 0.312. The predicted molar refractivity (Wildman–Crippen MR) is 91.9 cm³/mol. The van der Waals surface area contributed by atoms with E-state index in [9.17, 15) is 19.1 Å². The van der Waals surface area contributed by atoms with Crippen LogP contribution in [0.1, 0.15) is 22.5 Å². The molecule has 8 heteroatoms. The second-order valence-electron chi connectivity index (χ2n) is 5.46. The van der Waals surface area contributed by atoms with Gasteiger partial charge in [-0.25, -0.2) is 14.2 Å². The van der Waals surface area contributed by atoms with Gasteiger partial charge in [0, 0.05) is 5.56 Å². The Hall–Kier alpha value is -1.93. The van der Waals surface area contributed by atoms with Crippen molar-refractivity contribution in [1.29, 1.82) is 0 Å². The van der Waals surface area contributed by atoms with Gasteiger partial charge in [0.25, 0.3) is 5.91 Å². The van der Waals surface area contributed by atoms with Crippen LogP contribution in [0.2, 0.25) is 0 Å². The number of thiazole rings is 1. The molecule has 5 nitrogen and oxygen atoms in total. The Morgan fingerprint density at radius 2 is 1.96 bits per heavy atom. The van der Waals surface area contributed by atoms with E-state index in [2.05, 4.69) is 10.3 Å². The van der Waals surface area contributed by atoms with Crippen LogP contribution >= 0.6 is 23.1 Å². The number of carbonyl (C=O) groups is 2. The zero-order valence-corrected chi connectivity index (χ0v) is 14.3. The number of aromatic nitrogens is 1. The monoisotopic (exact) mass is 366 g/mol. The number of amides is 1. The average Bonchev–Trinajstić information content (AvgIpc) is 3.06. The molecule has 0 saturated carbocycles. The summed E-state index contributed by atoms with van der Waals surface area (Å²) >= 11 is 2.72. The van der Waals surface area contributed by atoms with Crippen LogP contribution in [-0.4, -0.2) is 39.0 Å². The molecule has 2 aromatic rings. The highest BCUT2D eigenvalue weighted by Gasteiger charge is 2.41. The third-order valence-electron chi connectivity index (χ3n) is 3.94. The first kappa shape index (κ1) is 16.9. The number of hydrogen-bond acceptors (Lipinski definition) is 5. The summed E-state index contributed by atoms with van der Waals surface area (Å²) in [6.07, 6.45) is 2.13. The summed E-state index contributed by atoms with van der Waals surface area (Å²) in [5, 5.41) is 12.6. The molecule has 0 radical (unpaired) electrons. The number of nitrogens with one attached hydrogen (secondary N) is 1. The van der Waals surface area contributed by atoms with Crippen LogP contribution in [0, 0.1) is 5.82 Å². The lowest BCUT2D eigenvalue weighted by atomic mass is 9.92. The Morgan fingerprint density at radius 3 is 2.62 bits per heavy atom. The lowest BCUT2D eigenvalue weighted by Crippen LogP contribution is -2.56. The van der Waals surface area contributed by atoms with Gasteiger partial charge in [-0.2, -0.15) is 11.8 Å². The van der Waals surface area contributed by atoms with Gasteiger partial charge in [-0.05, 0) is 36.5 Å². The van der Waals surface area contributed by atoms with Gasteiger partial charge >= 0.3 is 5.97 Å². The van der Waals surface area contributed by atoms with Crippen molar-refractivity contribution in [2.75, 3.05) is 11.5 Å². The van der Waals surface area contributed by atoms with Crippen LogP contribution in [0.4, 0.5) is 4.39 Å². The number of carbonyl (C=O) groups excluding carboxylic acids is 1. The zero-order chi connectivity index (χ0) is 17.2. The fourth-order valence-electron chi connectivity index (χ4n) is 2.53. The molecule has 1 aromatic carbocycles.